The molecule has 0 aliphatic carbocycles. The van der Waals surface area contributed by atoms with E-state index in [1.165, 1.54) is 0 Å². The van der Waals surface area contributed by atoms with Crippen molar-refractivity contribution in [2.24, 2.45) is 5.92 Å². The van der Waals surface area contributed by atoms with Crippen LogP contribution in [0.15, 0.2) is 42.5 Å². The van der Waals surface area contributed by atoms with Crippen molar-refractivity contribution in [1.29, 1.82) is 0 Å². The molecule has 2 unspecified atom stereocenters. The minimum atomic E-state index is -0.398. The molecule has 1 saturated heterocycles. The highest BCUT2D eigenvalue weighted by molar-refractivity contribution is 5.88. The monoisotopic (exact) mass is 326 g/mol. The number of aliphatic hydroxyl groups is 1. The van der Waals surface area contributed by atoms with Gasteiger partial charge in [-0.05, 0) is 31.9 Å². The van der Waals surface area contributed by atoms with Crippen molar-refractivity contribution < 1.29 is 9.90 Å². The highest BCUT2D eigenvalue weighted by Gasteiger charge is 2.26. The predicted octanol–water partition coefficient (Wildman–Crippen LogP) is 2.77. The molecule has 1 aliphatic heterocycles. The third kappa shape index (κ3) is 3.89. The van der Waals surface area contributed by atoms with Gasteiger partial charge in [-0.15, -0.1) is 10.2 Å². The molecule has 2 heterocycles. The highest BCUT2D eigenvalue weighted by atomic mass is 16.3. The van der Waals surface area contributed by atoms with Crippen molar-refractivity contribution in [3.8, 4) is 11.3 Å². The lowest BCUT2D eigenvalue weighted by Crippen LogP contribution is -2.44. The molecular weight excluding hydrogens is 304 g/mol. The maximum atomic E-state index is 12.4. The smallest absolute Gasteiger partial charge is 0.323 e. The lowest BCUT2D eigenvalue weighted by atomic mass is 9.94. The summed E-state index contributed by atoms with van der Waals surface area (Å²) in [7, 11) is 0. The number of aromatic nitrogens is 2. The number of anilines is 1. The fraction of sp³-hybridized carbons (Fsp3) is 0.389. The zero-order chi connectivity index (χ0) is 16.9. The largest absolute Gasteiger partial charge is 0.393 e. The number of urea groups is 1. The number of hydrogen-bond acceptors (Lipinski definition) is 4. The zero-order valence-electron chi connectivity index (χ0n) is 13.7. The van der Waals surface area contributed by atoms with Crippen LogP contribution in [-0.2, 0) is 0 Å². The lowest BCUT2D eigenvalue weighted by Gasteiger charge is -2.33. The Hall–Kier alpha value is -2.47. The van der Waals surface area contributed by atoms with Gasteiger partial charge in [0, 0.05) is 24.6 Å². The summed E-state index contributed by atoms with van der Waals surface area (Å²) in [6.07, 6.45) is 1.46. The summed E-state index contributed by atoms with van der Waals surface area (Å²) in [5.41, 5.74) is 1.75. The Bertz CT molecular complexity index is 673. The molecule has 24 heavy (non-hydrogen) atoms. The van der Waals surface area contributed by atoms with Gasteiger partial charge in [-0.25, -0.2) is 4.79 Å². The molecule has 0 saturated carbocycles. The number of aliphatic hydroxyl groups excluding tert-OH is 1. The van der Waals surface area contributed by atoms with Crippen molar-refractivity contribution in [3.05, 3.63) is 42.5 Å². The van der Waals surface area contributed by atoms with E-state index in [1.54, 1.807) is 17.9 Å². The number of likely N-dealkylation sites (tertiary alicyclic amines) is 1. The van der Waals surface area contributed by atoms with Gasteiger partial charge in [0.05, 0.1) is 11.8 Å². The number of hydrogen-bond donors (Lipinski definition) is 2. The van der Waals surface area contributed by atoms with E-state index in [0.29, 0.717) is 18.9 Å². The van der Waals surface area contributed by atoms with Gasteiger partial charge >= 0.3 is 6.03 Å². The average molecular weight is 326 g/mol. The molecule has 1 aromatic carbocycles. The SMILES string of the molecule is CC(O)C1CCCN(C(=O)Nc2ccc(-c3ccccc3)nn2)C1. The first kappa shape index (κ1) is 16.4. The molecular formula is C18H22N4O2. The first-order valence-electron chi connectivity index (χ1n) is 8.26. The normalized spacial score (nSPS) is 18.9. The van der Waals surface area contributed by atoms with E-state index in [2.05, 4.69) is 15.5 Å². The van der Waals surface area contributed by atoms with Gasteiger partial charge in [0.1, 0.15) is 0 Å². The molecule has 0 spiro atoms. The minimum Gasteiger partial charge on any atom is -0.393 e. The maximum Gasteiger partial charge on any atom is 0.323 e. The van der Waals surface area contributed by atoms with E-state index in [0.717, 1.165) is 24.1 Å². The van der Waals surface area contributed by atoms with E-state index < -0.39 is 6.10 Å². The number of nitrogens with zero attached hydrogens (tertiary/aromatic N) is 3. The topological polar surface area (TPSA) is 78.4 Å². The van der Waals surface area contributed by atoms with Crippen LogP contribution in [0.3, 0.4) is 0 Å². The number of carbonyl (C=O) groups is 1. The molecule has 126 valence electrons. The number of benzene rings is 1. The third-order valence-electron chi connectivity index (χ3n) is 4.40. The Kier molecular flexibility index (Phi) is 5.05. The maximum absolute atomic E-state index is 12.4. The average Bonchev–Trinajstić information content (AvgIpc) is 2.63. The van der Waals surface area contributed by atoms with Crippen molar-refractivity contribution in [1.82, 2.24) is 15.1 Å². The quantitative estimate of drug-likeness (QED) is 0.909. The standard InChI is InChI=1S/C18H22N4O2/c1-13(23)15-8-5-11-22(12-15)18(24)19-17-10-9-16(20-21-17)14-6-3-2-4-7-14/h2-4,6-7,9-10,13,15,23H,5,8,11-12H2,1H3,(H,19,21,24). The summed E-state index contributed by atoms with van der Waals surface area (Å²) < 4.78 is 0. The summed E-state index contributed by atoms with van der Waals surface area (Å²) in [5, 5.41) is 20.8. The molecule has 1 fully saturated rings. The van der Waals surface area contributed by atoms with Crippen LogP contribution in [0.4, 0.5) is 10.6 Å². The van der Waals surface area contributed by atoms with Crippen LogP contribution in [0.1, 0.15) is 19.8 Å². The van der Waals surface area contributed by atoms with Crippen LogP contribution in [-0.4, -0.2) is 45.4 Å². The predicted molar refractivity (Wildman–Crippen MR) is 92.5 cm³/mol. The van der Waals surface area contributed by atoms with Crippen molar-refractivity contribution >= 4 is 11.8 Å². The van der Waals surface area contributed by atoms with Crippen LogP contribution in [0.25, 0.3) is 11.3 Å². The second-order valence-corrected chi connectivity index (χ2v) is 6.19. The van der Waals surface area contributed by atoms with Gasteiger partial charge in [-0.1, -0.05) is 30.3 Å². The van der Waals surface area contributed by atoms with Crippen LogP contribution in [0.2, 0.25) is 0 Å². The number of piperidine rings is 1. The molecule has 2 N–H and O–H groups in total. The van der Waals surface area contributed by atoms with Gasteiger partial charge in [-0.3, -0.25) is 5.32 Å². The van der Waals surface area contributed by atoms with Gasteiger partial charge < -0.3 is 10.0 Å². The van der Waals surface area contributed by atoms with Gasteiger partial charge in [-0.2, -0.15) is 0 Å². The third-order valence-corrected chi connectivity index (χ3v) is 4.40. The van der Waals surface area contributed by atoms with Crippen LogP contribution in [0, 0.1) is 5.92 Å². The number of nitrogens with one attached hydrogen (secondary N) is 1. The molecule has 6 nitrogen and oxygen atoms in total. The number of carbonyl (C=O) groups excluding carboxylic acids is 1. The molecule has 3 rings (SSSR count). The van der Waals surface area contributed by atoms with Gasteiger partial charge in [0.2, 0.25) is 0 Å². The van der Waals surface area contributed by atoms with E-state index in [1.807, 2.05) is 36.4 Å². The van der Waals surface area contributed by atoms with Crippen molar-refractivity contribution in [2.75, 3.05) is 18.4 Å². The zero-order valence-corrected chi connectivity index (χ0v) is 13.7. The molecule has 1 aliphatic rings. The van der Waals surface area contributed by atoms with E-state index in [-0.39, 0.29) is 11.9 Å². The Morgan fingerprint density at radius 1 is 1.25 bits per heavy atom. The summed E-state index contributed by atoms with van der Waals surface area (Å²) in [5.74, 6) is 0.565. The second-order valence-electron chi connectivity index (χ2n) is 6.19. The number of amides is 2. The first-order chi connectivity index (χ1) is 11.6. The minimum absolute atomic E-state index is 0.135. The molecule has 6 heteroatoms. The van der Waals surface area contributed by atoms with Crippen LogP contribution in [0.5, 0.6) is 0 Å². The Balaban J connectivity index is 1.62. The summed E-state index contributed by atoms with van der Waals surface area (Å²) in [6.45, 7) is 3.05. The summed E-state index contributed by atoms with van der Waals surface area (Å²) in [6, 6.07) is 13.2. The molecule has 0 radical (unpaired) electrons. The fourth-order valence-corrected chi connectivity index (χ4v) is 2.94. The first-order valence-corrected chi connectivity index (χ1v) is 8.26. The second kappa shape index (κ2) is 7.40. The van der Waals surface area contributed by atoms with E-state index in [9.17, 15) is 9.90 Å². The van der Waals surface area contributed by atoms with Crippen molar-refractivity contribution in [2.45, 2.75) is 25.9 Å². The Morgan fingerprint density at radius 2 is 2.04 bits per heavy atom. The number of rotatable bonds is 3. The van der Waals surface area contributed by atoms with Crippen LogP contribution >= 0.6 is 0 Å². The Labute approximate surface area is 141 Å². The highest BCUT2D eigenvalue weighted by Crippen LogP contribution is 2.21. The van der Waals surface area contributed by atoms with E-state index >= 15 is 0 Å². The summed E-state index contributed by atoms with van der Waals surface area (Å²) >= 11 is 0. The summed E-state index contributed by atoms with van der Waals surface area (Å²) in [4.78, 5) is 14.1. The van der Waals surface area contributed by atoms with Gasteiger partial charge in [0.25, 0.3) is 0 Å². The van der Waals surface area contributed by atoms with Gasteiger partial charge in [0.15, 0.2) is 5.82 Å². The molecule has 2 atom stereocenters. The Morgan fingerprint density at radius 3 is 2.71 bits per heavy atom. The lowest BCUT2D eigenvalue weighted by molar-refractivity contribution is 0.0766. The fourth-order valence-electron chi connectivity index (χ4n) is 2.94. The molecule has 2 aromatic rings. The van der Waals surface area contributed by atoms with Crippen LogP contribution < -0.4 is 5.32 Å². The molecule has 0 bridgehead atoms. The van der Waals surface area contributed by atoms with E-state index in [4.69, 9.17) is 0 Å². The molecule has 1 aromatic heterocycles. The molecule has 2 amide bonds. The van der Waals surface area contributed by atoms with Crippen molar-refractivity contribution in [3.63, 3.8) is 0 Å².